The van der Waals surface area contributed by atoms with E-state index in [-0.39, 0.29) is 24.9 Å². The number of carbonyl (C=O) groups is 3. The summed E-state index contributed by atoms with van der Waals surface area (Å²) in [5.74, 6) is 0.0473. The van der Waals surface area contributed by atoms with Gasteiger partial charge in [-0.15, -0.1) is 0 Å². The highest BCUT2D eigenvalue weighted by Crippen LogP contribution is 2.18. The van der Waals surface area contributed by atoms with Gasteiger partial charge in [0.2, 0.25) is 5.91 Å². The number of piperidine rings is 1. The number of imide groups is 1. The van der Waals surface area contributed by atoms with Crippen molar-refractivity contribution in [1.82, 2.24) is 20.4 Å². The topological polar surface area (TPSA) is 81.8 Å². The molecule has 0 saturated carbocycles. The highest BCUT2D eigenvalue weighted by molar-refractivity contribution is 6.04. The second-order valence-corrected chi connectivity index (χ2v) is 7.21. The summed E-state index contributed by atoms with van der Waals surface area (Å²) in [5, 5.41) is 5.14. The number of nitrogens with zero attached hydrogens (tertiary/aromatic N) is 2. The summed E-state index contributed by atoms with van der Waals surface area (Å²) >= 11 is 0. The first-order valence-corrected chi connectivity index (χ1v) is 9.16. The molecule has 0 bridgehead atoms. The third-order valence-corrected chi connectivity index (χ3v) is 4.90. The van der Waals surface area contributed by atoms with Crippen LogP contribution in [-0.4, -0.2) is 53.8 Å². The molecule has 2 saturated heterocycles. The van der Waals surface area contributed by atoms with Crippen molar-refractivity contribution in [3.05, 3.63) is 35.4 Å². The molecular formula is C19H26N4O3. The maximum Gasteiger partial charge on any atom is 0.325 e. The Balaban J connectivity index is 1.44. The van der Waals surface area contributed by atoms with Crippen molar-refractivity contribution in [2.24, 2.45) is 5.92 Å². The zero-order chi connectivity index (χ0) is 18.5. The molecule has 7 heteroatoms. The van der Waals surface area contributed by atoms with Crippen LogP contribution >= 0.6 is 0 Å². The molecule has 0 aromatic heterocycles. The zero-order valence-electron chi connectivity index (χ0n) is 15.2. The summed E-state index contributed by atoms with van der Waals surface area (Å²) in [7, 11) is 0. The van der Waals surface area contributed by atoms with Gasteiger partial charge in [-0.25, -0.2) is 4.79 Å². The van der Waals surface area contributed by atoms with Gasteiger partial charge in [0, 0.05) is 19.6 Å². The molecule has 26 heavy (non-hydrogen) atoms. The monoisotopic (exact) mass is 358 g/mol. The van der Waals surface area contributed by atoms with Crippen LogP contribution in [0.1, 0.15) is 30.9 Å². The minimum Gasteiger partial charge on any atom is -0.350 e. The lowest BCUT2D eigenvalue weighted by Gasteiger charge is -2.30. The van der Waals surface area contributed by atoms with E-state index in [2.05, 4.69) is 34.6 Å². The fourth-order valence-corrected chi connectivity index (χ4v) is 3.47. The molecule has 2 fully saturated rings. The van der Waals surface area contributed by atoms with E-state index >= 15 is 0 Å². The SMILES string of the molecule is CC1CCCN(Cc2ccc(CNC(=O)CN3C(=O)CNC3=O)cc2)C1. The second kappa shape index (κ2) is 8.31. The number of urea groups is 1. The fourth-order valence-electron chi connectivity index (χ4n) is 3.47. The van der Waals surface area contributed by atoms with Crippen molar-refractivity contribution in [2.75, 3.05) is 26.2 Å². The molecule has 4 amide bonds. The molecule has 7 nitrogen and oxygen atoms in total. The Morgan fingerprint density at radius 2 is 1.96 bits per heavy atom. The summed E-state index contributed by atoms with van der Waals surface area (Å²) in [4.78, 5) is 38.2. The van der Waals surface area contributed by atoms with Gasteiger partial charge in [0.25, 0.3) is 5.91 Å². The van der Waals surface area contributed by atoms with Crippen molar-refractivity contribution in [2.45, 2.75) is 32.9 Å². The Hall–Kier alpha value is -2.41. The largest absolute Gasteiger partial charge is 0.350 e. The van der Waals surface area contributed by atoms with Crippen LogP contribution in [0.4, 0.5) is 4.79 Å². The third kappa shape index (κ3) is 4.82. The molecule has 2 aliphatic rings. The second-order valence-electron chi connectivity index (χ2n) is 7.21. The Kier molecular flexibility index (Phi) is 5.88. The van der Waals surface area contributed by atoms with E-state index in [1.165, 1.54) is 18.4 Å². The van der Waals surface area contributed by atoms with Crippen LogP contribution in [0.5, 0.6) is 0 Å². The molecule has 2 aliphatic heterocycles. The van der Waals surface area contributed by atoms with E-state index in [4.69, 9.17) is 0 Å². The van der Waals surface area contributed by atoms with Gasteiger partial charge in [-0.2, -0.15) is 0 Å². The lowest BCUT2D eigenvalue weighted by molar-refractivity contribution is -0.130. The smallest absolute Gasteiger partial charge is 0.325 e. The summed E-state index contributed by atoms with van der Waals surface area (Å²) in [5.41, 5.74) is 2.26. The van der Waals surface area contributed by atoms with E-state index < -0.39 is 6.03 Å². The van der Waals surface area contributed by atoms with Crippen LogP contribution in [0.25, 0.3) is 0 Å². The Labute approximate surface area is 153 Å². The van der Waals surface area contributed by atoms with Crippen LogP contribution in [0.2, 0.25) is 0 Å². The highest BCUT2D eigenvalue weighted by atomic mass is 16.2. The van der Waals surface area contributed by atoms with E-state index in [1.54, 1.807) is 0 Å². The summed E-state index contributed by atoms with van der Waals surface area (Å²) in [6.45, 7) is 5.68. The van der Waals surface area contributed by atoms with Crippen LogP contribution in [0.15, 0.2) is 24.3 Å². The number of benzene rings is 1. The molecule has 1 aromatic rings. The predicted molar refractivity (Wildman–Crippen MR) is 97.1 cm³/mol. The first kappa shape index (κ1) is 18.4. The third-order valence-electron chi connectivity index (χ3n) is 4.90. The van der Waals surface area contributed by atoms with E-state index in [0.717, 1.165) is 36.0 Å². The first-order chi connectivity index (χ1) is 12.5. The lowest BCUT2D eigenvalue weighted by atomic mass is 9.99. The molecule has 1 atom stereocenters. The maximum absolute atomic E-state index is 11.9. The Bertz CT molecular complexity index is 658. The van der Waals surface area contributed by atoms with Gasteiger partial charge in [-0.1, -0.05) is 31.2 Å². The zero-order valence-corrected chi connectivity index (χ0v) is 15.2. The van der Waals surface area contributed by atoms with E-state index in [9.17, 15) is 14.4 Å². The van der Waals surface area contributed by atoms with Gasteiger partial charge in [-0.3, -0.25) is 19.4 Å². The average molecular weight is 358 g/mol. The van der Waals surface area contributed by atoms with Crippen molar-refractivity contribution in [1.29, 1.82) is 0 Å². The number of hydrogen-bond donors (Lipinski definition) is 2. The highest BCUT2D eigenvalue weighted by Gasteiger charge is 2.29. The minimum absolute atomic E-state index is 0.0383. The van der Waals surface area contributed by atoms with Gasteiger partial charge < -0.3 is 10.6 Å². The van der Waals surface area contributed by atoms with Crippen LogP contribution in [0.3, 0.4) is 0 Å². The van der Waals surface area contributed by atoms with Crippen LogP contribution in [-0.2, 0) is 22.7 Å². The summed E-state index contributed by atoms with van der Waals surface area (Å²) in [6, 6.07) is 7.70. The fraction of sp³-hybridized carbons (Fsp3) is 0.526. The number of nitrogens with one attached hydrogen (secondary N) is 2. The molecule has 1 aromatic carbocycles. The van der Waals surface area contributed by atoms with E-state index in [0.29, 0.717) is 6.54 Å². The predicted octanol–water partition coefficient (Wildman–Crippen LogP) is 1.09. The van der Waals surface area contributed by atoms with Crippen LogP contribution < -0.4 is 10.6 Å². The number of carbonyl (C=O) groups excluding carboxylic acids is 3. The lowest BCUT2D eigenvalue weighted by Crippen LogP contribution is -2.40. The van der Waals surface area contributed by atoms with Crippen molar-refractivity contribution >= 4 is 17.8 Å². The number of likely N-dealkylation sites (tertiary alicyclic amines) is 1. The summed E-state index contributed by atoms with van der Waals surface area (Å²) < 4.78 is 0. The maximum atomic E-state index is 11.9. The number of amides is 4. The molecule has 0 aliphatic carbocycles. The van der Waals surface area contributed by atoms with Gasteiger partial charge in [-0.05, 0) is 36.4 Å². The molecule has 0 spiro atoms. The van der Waals surface area contributed by atoms with Crippen molar-refractivity contribution in [3.63, 3.8) is 0 Å². The number of hydrogen-bond acceptors (Lipinski definition) is 4. The van der Waals surface area contributed by atoms with E-state index in [1.807, 2.05) is 12.1 Å². The molecule has 0 radical (unpaired) electrons. The summed E-state index contributed by atoms with van der Waals surface area (Å²) in [6.07, 6.45) is 2.59. The Morgan fingerprint density at radius 3 is 2.62 bits per heavy atom. The standard InChI is InChI=1S/C19H26N4O3/c1-14-3-2-8-22(11-14)12-16-6-4-15(5-7-16)9-20-17(24)13-23-18(25)10-21-19(23)26/h4-7,14H,2-3,8-13H2,1H3,(H,20,24)(H,21,26). The van der Waals surface area contributed by atoms with Gasteiger partial charge in [0.15, 0.2) is 0 Å². The minimum atomic E-state index is -0.512. The quantitative estimate of drug-likeness (QED) is 0.746. The average Bonchev–Trinajstić information content (AvgIpc) is 2.93. The molecule has 1 unspecified atom stereocenters. The molecular weight excluding hydrogens is 332 g/mol. The number of rotatable bonds is 6. The van der Waals surface area contributed by atoms with Gasteiger partial charge in [0.1, 0.15) is 6.54 Å². The normalized spacial score (nSPS) is 21.0. The van der Waals surface area contributed by atoms with Gasteiger partial charge in [0.05, 0.1) is 6.54 Å². The van der Waals surface area contributed by atoms with Crippen molar-refractivity contribution in [3.8, 4) is 0 Å². The Morgan fingerprint density at radius 1 is 1.23 bits per heavy atom. The first-order valence-electron chi connectivity index (χ1n) is 9.16. The van der Waals surface area contributed by atoms with Crippen LogP contribution in [0, 0.1) is 5.92 Å². The molecule has 140 valence electrons. The van der Waals surface area contributed by atoms with Crippen molar-refractivity contribution < 1.29 is 14.4 Å². The van der Waals surface area contributed by atoms with Gasteiger partial charge >= 0.3 is 6.03 Å². The molecule has 2 heterocycles. The molecule has 3 rings (SSSR count). The molecule has 2 N–H and O–H groups in total.